The lowest BCUT2D eigenvalue weighted by Crippen LogP contribution is -2.36. The van der Waals surface area contributed by atoms with Crippen molar-refractivity contribution in [1.82, 2.24) is 15.6 Å². The van der Waals surface area contributed by atoms with Crippen LogP contribution in [0.2, 0.25) is 0 Å². The second-order valence-electron chi connectivity index (χ2n) is 4.38. The molecule has 2 heterocycles. The lowest BCUT2D eigenvalue weighted by atomic mass is 10.3. The van der Waals surface area contributed by atoms with E-state index in [1.807, 2.05) is 18.2 Å². The summed E-state index contributed by atoms with van der Waals surface area (Å²) in [5.74, 6) is 0.823. The maximum absolute atomic E-state index is 4.54. The molecule has 2 aromatic rings. The molecular formula is C15H20N4S. The first-order chi connectivity index (χ1) is 9.78. The minimum Gasteiger partial charge on any atom is -0.357 e. The lowest BCUT2D eigenvalue weighted by molar-refractivity contribution is 0.819. The molecule has 0 unspecified atom stereocenters. The molecule has 0 aliphatic rings. The lowest BCUT2D eigenvalue weighted by Gasteiger charge is -2.10. The highest BCUT2D eigenvalue weighted by atomic mass is 32.1. The molecule has 4 nitrogen and oxygen atoms in total. The Morgan fingerprint density at radius 2 is 2.15 bits per heavy atom. The third-order valence-corrected chi connectivity index (χ3v) is 3.70. The summed E-state index contributed by atoms with van der Waals surface area (Å²) in [4.78, 5) is 11.5. The second-order valence-corrected chi connectivity index (χ2v) is 5.75. The van der Waals surface area contributed by atoms with E-state index in [1.54, 1.807) is 17.5 Å². The summed E-state index contributed by atoms with van der Waals surface area (Å²) in [7, 11) is 0. The van der Waals surface area contributed by atoms with Crippen LogP contribution in [0.15, 0.2) is 41.5 Å². The molecule has 0 saturated carbocycles. The van der Waals surface area contributed by atoms with Crippen LogP contribution in [0.25, 0.3) is 0 Å². The smallest absolute Gasteiger partial charge is 0.191 e. The monoisotopic (exact) mass is 288 g/mol. The maximum atomic E-state index is 4.54. The summed E-state index contributed by atoms with van der Waals surface area (Å²) >= 11 is 1.80. The van der Waals surface area contributed by atoms with Crippen molar-refractivity contribution in [2.24, 2.45) is 4.99 Å². The molecule has 2 aromatic heterocycles. The fraction of sp³-hybridized carbons (Fsp3) is 0.333. The third kappa shape index (κ3) is 4.66. The Morgan fingerprint density at radius 3 is 2.80 bits per heavy atom. The van der Waals surface area contributed by atoms with Gasteiger partial charge >= 0.3 is 0 Å². The molecule has 2 N–H and O–H groups in total. The average Bonchev–Trinajstić information content (AvgIpc) is 2.89. The topological polar surface area (TPSA) is 49.3 Å². The predicted molar refractivity (Wildman–Crippen MR) is 84.9 cm³/mol. The Kier molecular flexibility index (Phi) is 5.55. The van der Waals surface area contributed by atoms with E-state index < -0.39 is 0 Å². The van der Waals surface area contributed by atoms with Crippen molar-refractivity contribution in [2.45, 2.75) is 26.9 Å². The van der Waals surface area contributed by atoms with Crippen LogP contribution in [0.3, 0.4) is 0 Å². The van der Waals surface area contributed by atoms with Crippen LogP contribution in [-0.2, 0) is 13.1 Å². The van der Waals surface area contributed by atoms with E-state index in [-0.39, 0.29) is 0 Å². The molecule has 20 heavy (non-hydrogen) atoms. The first kappa shape index (κ1) is 14.5. The highest BCUT2D eigenvalue weighted by molar-refractivity contribution is 7.11. The van der Waals surface area contributed by atoms with E-state index in [4.69, 9.17) is 0 Å². The fourth-order valence-electron chi connectivity index (χ4n) is 1.74. The summed E-state index contributed by atoms with van der Waals surface area (Å²) in [5.41, 5.74) is 0.969. The molecule has 0 aromatic carbocycles. The molecule has 0 aliphatic carbocycles. The van der Waals surface area contributed by atoms with Gasteiger partial charge in [-0.05, 0) is 38.1 Å². The zero-order valence-corrected chi connectivity index (χ0v) is 12.7. The first-order valence-corrected chi connectivity index (χ1v) is 7.57. The second kappa shape index (κ2) is 7.65. The van der Waals surface area contributed by atoms with Gasteiger partial charge in [0, 0.05) is 22.5 Å². The summed E-state index contributed by atoms with van der Waals surface area (Å²) in [6, 6.07) is 10.2. The molecule has 0 spiro atoms. The normalized spacial score (nSPS) is 11.4. The van der Waals surface area contributed by atoms with Gasteiger partial charge in [-0.15, -0.1) is 11.3 Å². The van der Waals surface area contributed by atoms with Gasteiger partial charge in [-0.2, -0.15) is 0 Å². The van der Waals surface area contributed by atoms with Crippen molar-refractivity contribution in [3.8, 4) is 0 Å². The standard InChI is InChI=1S/C15H20N4S/c1-3-16-15(18-10-13-6-4-5-9-17-13)19-11-14-8-7-12(2)20-14/h4-9H,3,10-11H2,1-2H3,(H2,16,18,19). The highest BCUT2D eigenvalue weighted by Gasteiger charge is 2.00. The largest absolute Gasteiger partial charge is 0.357 e. The van der Waals surface area contributed by atoms with Crippen LogP contribution in [0, 0.1) is 6.92 Å². The minimum atomic E-state index is 0.583. The number of rotatable bonds is 5. The summed E-state index contributed by atoms with van der Waals surface area (Å²) in [5, 5.41) is 6.59. The van der Waals surface area contributed by atoms with Crippen LogP contribution in [0.1, 0.15) is 22.4 Å². The first-order valence-electron chi connectivity index (χ1n) is 6.75. The Balaban J connectivity index is 1.92. The highest BCUT2D eigenvalue weighted by Crippen LogP contribution is 2.14. The van der Waals surface area contributed by atoms with Gasteiger partial charge in [-0.1, -0.05) is 6.07 Å². The Hall–Kier alpha value is -1.88. The molecule has 0 amide bonds. The van der Waals surface area contributed by atoms with Crippen LogP contribution in [0.5, 0.6) is 0 Å². The molecule has 0 aliphatic heterocycles. The number of aliphatic imine (C=N–C) groups is 1. The van der Waals surface area contributed by atoms with Gasteiger partial charge in [-0.25, -0.2) is 4.99 Å². The van der Waals surface area contributed by atoms with Gasteiger partial charge in [0.15, 0.2) is 5.96 Å². The number of hydrogen-bond acceptors (Lipinski definition) is 3. The zero-order chi connectivity index (χ0) is 14.2. The van der Waals surface area contributed by atoms with Crippen LogP contribution >= 0.6 is 11.3 Å². The Bertz CT molecular complexity index is 548. The number of aryl methyl sites for hydroxylation is 1. The van der Waals surface area contributed by atoms with E-state index in [2.05, 4.69) is 46.6 Å². The Labute approximate surface area is 124 Å². The average molecular weight is 288 g/mol. The van der Waals surface area contributed by atoms with Gasteiger partial charge in [-0.3, -0.25) is 4.98 Å². The summed E-state index contributed by atoms with van der Waals surface area (Å²) in [6.07, 6.45) is 1.79. The van der Waals surface area contributed by atoms with E-state index >= 15 is 0 Å². The Morgan fingerprint density at radius 1 is 1.25 bits per heavy atom. The van der Waals surface area contributed by atoms with Gasteiger partial charge in [0.2, 0.25) is 0 Å². The maximum Gasteiger partial charge on any atom is 0.191 e. The number of guanidine groups is 1. The summed E-state index contributed by atoms with van der Waals surface area (Å²) in [6.45, 7) is 6.41. The van der Waals surface area contributed by atoms with Crippen molar-refractivity contribution >= 4 is 17.3 Å². The van der Waals surface area contributed by atoms with Crippen molar-refractivity contribution in [3.63, 3.8) is 0 Å². The third-order valence-electron chi connectivity index (χ3n) is 2.70. The predicted octanol–water partition coefficient (Wildman–Crippen LogP) is 2.71. The van der Waals surface area contributed by atoms with Gasteiger partial charge in [0.05, 0.1) is 18.8 Å². The molecule has 5 heteroatoms. The van der Waals surface area contributed by atoms with Crippen LogP contribution in [0.4, 0.5) is 0 Å². The van der Waals surface area contributed by atoms with Crippen molar-refractivity contribution in [3.05, 3.63) is 52.0 Å². The van der Waals surface area contributed by atoms with Crippen molar-refractivity contribution in [2.75, 3.05) is 6.54 Å². The SMILES string of the molecule is CCNC(=NCc1ccccn1)NCc1ccc(C)s1. The number of nitrogens with one attached hydrogen (secondary N) is 2. The molecular weight excluding hydrogens is 268 g/mol. The summed E-state index contributed by atoms with van der Waals surface area (Å²) < 4.78 is 0. The van der Waals surface area contributed by atoms with Gasteiger partial charge < -0.3 is 10.6 Å². The molecule has 0 fully saturated rings. The van der Waals surface area contributed by atoms with Crippen LogP contribution in [-0.4, -0.2) is 17.5 Å². The van der Waals surface area contributed by atoms with E-state index in [1.165, 1.54) is 9.75 Å². The molecule has 2 rings (SSSR count). The number of nitrogens with zero attached hydrogens (tertiary/aromatic N) is 2. The molecule has 0 saturated heterocycles. The van der Waals surface area contributed by atoms with Gasteiger partial charge in [0.25, 0.3) is 0 Å². The number of thiophene rings is 1. The van der Waals surface area contributed by atoms with Crippen LogP contribution < -0.4 is 10.6 Å². The van der Waals surface area contributed by atoms with E-state index in [0.717, 1.165) is 24.7 Å². The number of pyridine rings is 1. The van der Waals surface area contributed by atoms with Gasteiger partial charge in [0.1, 0.15) is 0 Å². The minimum absolute atomic E-state index is 0.583. The number of hydrogen-bond donors (Lipinski definition) is 2. The van der Waals surface area contributed by atoms with E-state index in [0.29, 0.717) is 6.54 Å². The molecule has 0 bridgehead atoms. The molecule has 0 radical (unpaired) electrons. The quantitative estimate of drug-likeness (QED) is 0.657. The van der Waals surface area contributed by atoms with E-state index in [9.17, 15) is 0 Å². The number of aromatic nitrogens is 1. The van der Waals surface area contributed by atoms with Crippen molar-refractivity contribution < 1.29 is 0 Å². The fourth-order valence-corrected chi connectivity index (χ4v) is 2.57. The van der Waals surface area contributed by atoms with Crippen molar-refractivity contribution in [1.29, 1.82) is 0 Å². The zero-order valence-electron chi connectivity index (χ0n) is 11.9. The molecule has 0 atom stereocenters. The molecule has 106 valence electrons.